The zero-order valence-corrected chi connectivity index (χ0v) is 16.0. The maximum absolute atomic E-state index is 12.8. The molecule has 0 aliphatic carbocycles. The molecule has 0 fully saturated rings. The number of hydrogen-bond donors (Lipinski definition) is 1. The molecule has 3 aromatic rings. The Morgan fingerprint density at radius 2 is 1.67 bits per heavy atom. The molecule has 0 unspecified atom stereocenters. The molecule has 1 amide bonds. The summed E-state index contributed by atoms with van der Waals surface area (Å²) in [5, 5.41) is 3.22. The summed E-state index contributed by atoms with van der Waals surface area (Å²) in [6.07, 6.45) is 0.332. The van der Waals surface area contributed by atoms with Crippen LogP contribution in [0.1, 0.15) is 33.9 Å². The van der Waals surface area contributed by atoms with Gasteiger partial charge in [0.1, 0.15) is 5.75 Å². The Kier molecular flexibility index (Phi) is 5.92. The van der Waals surface area contributed by atoms with Crippen LogP contribution < -0.4 is 10.1 Å². The zero-order chi connectivity index (χ0) is 19.2. The summed E-state index contributed by atoms with van der Waals surface area (Å²) in [7, 11) is 1.64. The van der Waals surface area contributed by atoms with Crippen molar-refractivity contribution in [3.05, 3.63) is 101 Å². The van der Waals surface area contributed by atoms with Gasteiger partial charge in [-0.1, -0.05) is 66.2 Å². The number of rotatable bonds is 6. The summed E-state index contributed by atoms with van der Waals surface area (Å²) in [6.45, 7) is 4.16. The summed E-state index contributed by atoms with van der Waals surface area (Å²) >= 11 is 0. The van der Waals surface area contributed by atoms with E-state index in [-0.39, 0.29) is 11.9 Å². The number of aryl methyl sites for hydroxylation is 2. The maximum atomic E-state index is 12.8. The average molecular weight is 359 g/mol. The highest BCUT2D eigenvalue weighted by Gasteiger charge is 2.19. The van der Waals surface area contributed by atoms with Crippen molar-refractivity contribution in [3.63, 3.8) is 0 Å². The number of nitrogens with one attached hydrogen (secondary N) is 1. The molecule has 1 N–H and O–H groups in total. The van der Waals surface area contributed by atoms with Gasteiger partial charge >= 0.3 is 0 Å². The van der Waals surface area contributed by atoms with Crippen LogP contribution in [0.4, 0.5) is 0 Å². The van der Waals surface area contributed by atoms with E-state index in [1.165, 1.54) is 11.1 Å². The van der Waals surface area contributed by atoms with Crippen LogP contribution in [0.15, 0.2) is 72.8 Å². The fourth-order valence-electron chi connectivity index (χ4n) is 3.20. The van der Waals surface area contributed by atoms with Crippen LogP contribution in [-0.2, 0) is 11.2 Å². The van der Waals surface area contributed by atoms with Crippen molar-refractivity contribution >= 4 is 5.91 Å². The first-order valence-electron chi connectivity index (χ1n) is 9.11. The fraction of sp³-hybridized carbons (Fsp3) is 0.208. The monoisotopic (exact) mass is 359 g/mol. The van der Waals surface area contributed by atoms with Crippen molar-refractivity contribution in [2.24, 2.45) is 0 Å². The lowest BCUT2D eigenvalue weighted by Gasteiger charge is -2.22. The minimum absolute atomic E-state index is 0.00470. The molecule has 3 nitrogen and oxygen atoms in total. The van der Waals surface area contributed by atoms with E-state index in [0.717, 1.165) is 22.4 Å². The molecular weight excluding hydrogens is 334 g/mol. The lowest BCUT2D eigenvalue weighted by atomic mass is 9.93. The predicted molar refractivity (Wildman–Crippen MR) is 109 cm³/mol. The standard InChI is InChI=1S/C24H25NO2/c1-17-9-10-18(2)22(15-17)24(20-7-5-4-6-8-20)25-23(26)16-19-11-13-21(27-3)14-12-19/h4-15,24H,16H2,1-3H3,(H,25,26)/t24-/m0/s1. The zero-order valence-electron chi connectivity index (χ0n) is 16.0. The van der Waals surface area contributed by atoms with Crippen molar-refractivity contribution in [2.75, 3.05) is 7.11 Å². The van der Waals surface area contributed by atoms with Crippen molar-refractivity contribution in [1.29, 1.82) is 0 Å². The molecule has 3 rings (SSSR count). The molecule has 3 heteroatoms. The third-order valence-electron chi connectivity index (χ3n) is 4.71. The molecule has 0 aliphatic heterocycles. The third kappa shape index (κ3) is 4.76. The van der Waals surface area contributed by atoms with Gasteiger partial charge in [-0.3, -0.25) is 4.79 Å². The highest BCUT2D eigenvalue weighted by atomic mass is 16.5. The van der Waals surface area contributed by atoms with Gasteiger partial charge in [0.05, 0.1) is 19.6 Å². The largest absolute Gasteiger partial charge is 0.497 e. The van der Waals surface area contributed by atoms with E-state index in [4.69, 9.17) is 4.74 Å². The Morgan fingerprint density at radius 3 is 2.33 bits per heavy atom. The first kappa shape index (κ1) is 18.7. The Bertz CT molecular complexity index is 901. The van der Waals surface area contributed by atoms with Crippen LogP contribution >= 0.6 is 0 Å². The summed E-state index contributed by atoms with van der Waals surface area (Å²) < 4.78 is 5.18. The highest BCUT2D eigenvalue weighted by molar-refractivity contribution is 5.79. The van der Waals surface area contributed by atoms with Crippen LogP contribution in [0.5, 0.6) is 5.75 Å². The topological polar surface area (TPSA) is 38.3 Å². The Labute approximate surface area is 161 Å². The molecule has 138 valence electrons. The van der Waals surface area contributed by atoms with E-state index < -0.39 is 0 Å². The lowest BCUT2D eigenvalue weighted by Crippen LogP contribution is -2.31. The molecule has 0 bridgehead atoms. The van der Waals surface area contributed by atoms with Gasteiger partial charge in [0.15, 0.2) is 0 Å². The first-order chi connectivity index (χ1) is 13.1. The third-order valence-corrected chi connectivity index (χ3v) is 4.71. The predicted octanol–water partition coefficient (Wildman–Crippen LogP) is 4.76. The van der Waals surface area contributed by atoms with Crippen molar-refractivity contribution in [3.8, 4) is 5.75 Å². The molecule has 0 aromatic heterocycles. The molecular formula is C24H25NO2. The van der Waals surface area contributed by atoms with Gasteiger partial charge in [0, 0.05) is 0 Å². The molecule has 0 heterocycles. The Balaban J connectivity index is 1.84. The number of carbonyl (C=O) groups excluding carboxylic acids is 1. The Hall–Kier alpha value is -3.07. The van der Waals surface area contributed by atoms with Gasteiger partial charge in [-0.25, -0.2) is 0 Å². The van der Waals surface area contributed by atoms with E-state index >= 15 is 0 Å². The van der Waals surface area contributed by atoms with Crippen LogP contribution in [0.2, 0.25) is 0 Å². The molecule has 3 aromatic carbocycles. The van der Waals surface area contributed by atoms with Crippen molar-refractivity contribution in [2.45, 2.75) is 26.3 Å². The molecule has 0 saturated heterocycles. The number of benzene rings is 3. The molecule has 27 heavy (non-hydrogen) atoms. The second-order valence-electron chi connectivity index (χ2n) is 6.80. The van der Waals surface area contributed by atoms with Crippen LogP contribution in [0, 0.1) is 13.8 Å². The fourth-order valence-corrected chi connectivity index (χ4v) is 3.20. The van der Waals surface area contributed by atoms with Gasteiger partial charge in [-0.15, -0.1) is 0 Å². The van der Waals surface area contributed by atoms with Crippen molar-refractivity contribution in [1.82, 2.24) is 5.32 Å². The number of hydrogen-bond acceptors (Lipinski definition) is 2. The molecule has 0 aliphatic rings. The first-order valence-corrected chi connectivity index (χ1v) is 9.11. The quantitative estimate of drug-likeness (QED) is 0.689. The minimum Gasteiger partial charge on any atom is -0.497 e. The normalized spacial score (nSPS) is 11.7. The molecule has 0 radical (unpaired) electrons. The van der Waals surface area contributed by atoms with Gasteiger partial charge in [0.25, 0.3) is 0 Å². The lowest BCUT2D eigenvalue weighted by molar-refractivity contribution is -0.120. The second-order valence-corrected chi connectivity index (χ2v) is 6.80. The van der Waals surface area contributed by atoms with Gasteiger partial charge in [0.2, 0.25) is 5.91 Å². The summed E-state index contributed by atoms with van der Waals surface area (Å²) in [5.74, 6) is 0.784. The number of ether oxygens (including phenoxy) is 1. The van der Waals surface area contributed by atoms with Crippen molar-refractivity contribution < 1.29 is 9.53 Å². The van der Waals surface area contributed by atoms with Gasteiger partial charge < -0.3 is 10.1 Å². The summed E-state index contributed by atoms with van der Waals surface area (Å²) in [6, 6.07) is 23.9. The summed E-state index contributed by atoms with van der Waals surface area (Å²) in [4.78, 5) is 12.8. The summed E-state index contributed by atoms with van der Waals surface area (Å²) in [5.41, 5.74) is 5.51. The smallest absolute Gasteiger partial charge is 0.225 e. The van der Waals surface area contributed by atoms with Gasteiger partial charge in [-0.05, 0) is 48.2 Å². The van der Waals surface area contributed by atoms with E-state index in [9.17, 15) is 4.79 Å². The Morgan fingerprint density at radius 1 is 0.963 bits per heavy atom. The SMILES string of the molecule is COc1ccc(CC(=O)N[C@@H](c2ccccc2)c2cc(C)ccc2C)cc1. The number of amides is 1. The van der Waals surface area contributed by atoms with E-state index in [0.29, 0.717) is 6.42 Å². The van der Waals surface area contributed by atoms with E-state index in [2.05, 4.69) is 49.5 Å². The van der Waals surface area contributed by atoms with E-state index in [1.54, 1.807) is 7.11 Å². The second kappa shape index (κ2) is 8.54. The molecule has 0 saturated carbocycles. The van der Waals surface area contributed by atoms with Gasteiger partial charge in [-0.2, -0.15) is 0 Å². The minimum atomic E-state index is -0.170. The average Bonchev–Trinajstić information content (AvgIpc) is 2.69. The van der Waals surface area contributed by atoms with Crippen LogP contribution in [0.25, 0.3) is 0 Å². The molecule has 1 atom stereocenters. The van der Waals surface area contributed by atoms with Crippen LogP contribution in [-0.4, -0.2) is 13.0 Å². The number of carbonyl (C=O) groups is 1. The van der Waals surface area contributed by atoms with E-state index in [1.807, 2.05) is 42.5 Å². The van der Waals surface area contributed by atoms with Crippen LogP contribution in [0.3, 0.4) is 0 Å². The molecule has 0 spiro atoms. The number of methoxy groups -OCH3 is 1. The maximum Gasteiger partial charge on any atom is 0.225 e. The highest BCUT2D eigenvalue weighted by Crippen LogP contribution is 2.26.